The van der Waals surface area contributed by atoms with Crippen LogP contribution in [0.25, 0.3) is 0 Å². The van der Waals surface area contributed by atoms with Gasteiger partial charge in [-0.3, -0.25) is 4.79 Å². The summed E-state index contributed by atoms with van der Waals surface area (Å²) in [5, 5.41) is 3.25. The smallest absolute Gasteiger partial charge is 0.325 e. The lowest BCUT2D eigenvalue weighted by Crippen LogP contribution is -2.50. The van der Waals surface area contributed by atoms with Crippen LogP contribution in [0.15, 0.2) is 29.2 Å². The van der Waals surface area contributed by atoms with Crippen LogP contribution >= 0.6 is 11.8 Å². The molecule has 0 heterocycles. The van der Waals surface area contributed by atoms with E-state index in [1.165, 1.54) is 24.9 Å². The summed E-state index contributed by atoms with van der Waals surface area (Å²) in [7, 11) is 1.41. The number of rotatable bonds is 9. The van der Waals surface area contributed by atoms with Crippen LogP contribution in [0.1, 0.15) is 33.1 Å². The van der Waals surface area contributed by atoms with Gasteiger partial charge in [-0.05, 0) is 50.6 Å². The third-order valence-electron chi connectivity index (χ3n) is 3.32. The lowest BCUT2D eigenvalue weighted by Gasteiger charge is -2.28. The van der Waals surface area contributed by atoms with Crippen LogP contribution in [0, 0.1) is 5.82 Å². The standard InChI is InChI=1S/C16H24FNO2S/c1-4-11-18-16(2,15(19)20-3)10-7-12-21-14-9-6-5-8-13(14)17/h5-6,8-9,18H,4,7,10-12H2,1-3H3. The molecule has 21 heavy (non-hydrogen) atoms. The van der Waals surface area contributed by atoms with Crippen molar-refractivity contribution in [3.8, 4) is 0 Å². The topological polar surface area (TPSA) is 38.3 Å². The van der Waals surface area contributed by atoms with Crippen molar-refractivity contribution >= 4 is 17.7 Å². The Kier molecular flexibility index (Phi) is 7.75. The van der Waals surface area contributed by atoms with Crippen molar-refractivity contribution in [1.29, 1.82) is 0 Å². The highest BCUT2D eigenvalue weighted by Gasteiger charge is 2.32. The number of hydrogen-bond donors (Lipinski definition) is 1. The first kappa shape index (κ1) is 18.0. The van der Waals surface area contributed by atoms with E-state index in [0.717, 1.165) is 25.1 Å². The Morgan fingerprint density at radius 3 is 2.76 bits per heavy atom. The van der Waals surface area contributed by atoms with Gasteiger partial charge in [-0.15, -0.1) is 11.8 Å². The Morgan fingerprint density at radius 2 is 2.14 bits per heavy atom. The fourth-order valence-electron chi connectivity index (χ4n) is 2.06. The van der Waals surface area contributed by atoms with Crippen LogP contribution in [-0.2, 0) is 9.53 Å². The van der Waals surface area contributed by atoms with Gasteiger partial charge in [0.15, 0.2) is 0 Å². The zero-order chi connectivity index (χ0) is 15.7. The molecule has 0 aromatic heterocycles. The predicted molar refractivity (Wildman–Crippen MR) is 85.1 cm³/mol. The summed E-state index contributed by atoms with van der Waals surface area (Å²) < 4.78 is 18.4. The van der Waals surface area contributed by atoms with Gasteiger partial charge in [0.25, 0.3) is 0 Å². The number of methoxy groups -OCH3 is 1. The Balaban J connectivity index is 2.46. The quantitative estimate of drug-likeness (QED) is 0.429. The van der Waals surface area contributed by atoms with E-state index < -0.39 is 5.54 Å². The van der Waals surface area contributed by atoms with Crippen LogP contribution in [-0.4, -0.2) is 30.9 Å². The molecule has 0 fully saturated rings. The van der Waals surface area contributed by atoms with E-state index in [9.17, 15) is 9.18 Å². The fraction of sp³-hybridized carbons (Fsp3) is 0.562. The number of thioether (sulfide) groups is 1. The van der Waals surface area contributed by atoms with E-state index in [1.54, 1.807) is 12.1 Å². The third kappa shape index (κ3) is 5.67. The van der Waals surface area contributed by atoms with E-state index in [0.29, 0.717) is 11.3 Å². The molecule has 1 unspecified atom stereocenters. The van der Waals surface area contributed by atoms with E-state index in [2.05, 4.69) is 12.2 Å². The first-order chi connectivity index (χ1) is 10.0. The van der Waals surface area contributed by atoms with Crippen molar-refractivity contribution in [3.63, 3.8) is 0 Å². The first-order valence-electron chi connectivity index (χ1n) is 7.24. The molecule has 0 spiro atoms. The molecule has 1 atom stereocenters. The van der Waals surface area contributed by atoms with Crippen LogP contribution in [0.5, 0.6) is 0 Å². The Morgan fingerprint density at radius 1 is 1.43 bits per heavy atom. The zero-order valence-electron chi connectivity index (χ0n) is 12.9. The van der Waals surface area contributed by atoms with E-state index in [-0.39, 0.29) is 11.8 Å². The van der Waals surface area contributed by atoms with Crippen molar-refractivity contribution in [1.82, 2.24) is 5.32 Å². The monoisotopic (exact) mass is 313 g/mol. The van der Waals surface area contributed by atoms with Gasteiger partial charge >= 0.3 is 5.97 Å². The van der Waals surface area contributed by atoms with Crippen LogP contribution in [0.4, 0.5) is 4.39 Å². The van der Waals surface area contributed by atoms with Crippen LogP contribution in [0.2, 0.25) is 0 Å². The summed E-state index contributed by atoms with van der Waals surface area (Å²) in [5.41, 5.74) is -0.666. The van der Waals surface area contributed by atoms with Gasteiger partial charge in [-0.1, -0.05) is 19.1 Å². The number of hydrogen-bond acceptors (Lipinski definition) is 4. The molecule has 0 radical (unpaired) electrons. The second-order valence-electron chi connectivity index (χ2n) is 5.13. The van der Waals surface area contributed by atoms with Gasteiger partial charge in [0.1, 0.15) is 11.4 Å². The summed E-state index contributed by atoms with van der Waals surface area (Å²) >= 11 is 1.48. The molecule has 0 bridgehead atoms. The lowest BCUT2D eigenvalue weighted by molar-refractivity contribution is -0.148. The predicted octanol–water partition coefficient (Wildman–Crippen LogP) is 3.63. The van der Waals surface area contributed by atoms with Gasteiger partial charge in [0.2, 0.25) is 0 Å². The van der Waals surface area contributed by atoms with E-state index in [1.807, 2.05) is 13.0 Å². The van der Waals surface area contributed by atoms with Gasteiger partial charge in [-0.25, -0.2) is 4.39 Å². The highest BCUT2D eigenvalue weighted by Crippen LogP contribution is 2.24. The van der Waals surface area contributed by atoms with Crippen molar-refractivity contribution in [2.24, 2.45) is 0 Å². The zero-order valence-corrected chi connectivity index (χ0v) is 13.8. The minimum absolute atomic E-state index is 0.192. The van der Waals surface area contributed by atoms with E-state index >= 15 is 0 Å². The van der Waals surface area contributed by atoms with Gasteiger partial charge in [-0.2, -0.15) is 0 Å². The van der Waals surface area contributed by atoms with Gasteiger partial charge < -0.3 is 10.1 Å². The highest BCUT2D eigenvalue weighted by atomic mass is 32.2. The molecule has 0 saturated heterocycles. The highest BCUT2D eigenvalue weighted by molar-refractivity contribution is 7.99. The van der Waals surface area contributed by atoms with Crippen molar-refractivity contribution < 1.29 is 13.9 Å². The number of nitrogens with one attached hydrogen (secondary N) is 1. The number of benzene rings is 1. The molecule has 118 valence electrons. The molecular formula is C16H24FNO2S. The molecule has 3 nitrogen and oxygen atoms in total. The molecule has 0 aliphatic heterocycles. The van der Waals surface area contributed by atoms with Crippen molar-refractivity contribution in [3.05, 3.63) is 30.1 Å². The maximum atomic E-state index is 13.5. The molecule has 0 saturated carbocycles. The Hall–Kier alpha value is -1.07. The lowest BCUT2D eigenvalue weighted by atomic mass is 9.96. The Labute approximate surface area is 130 Å². The SMILES string of the molecule is CCCNC(C)(CCCSc1ccccc1F)C(=O)OC. The molecule has 0 aliphatic rings. The average molecular weight is 313 g/mol. The summed E-state index contributed by atoms with van der Waals surface area (Å²) in [6, 6.07) is 6.74. The van der Waals surface area contributed by atoms with Crippen LogP contribution in [0.3, 0.4) is 0 Å². The summed E-state index contributed by atoms with van der Waals surface area (Å²) in [6.45, 7) is 4.69. The fourth-order valence-corrected chi connectivity index (χ4v) is 2.95. The molecular weight excluding hydrogens is 289 g/mol. The summed E-state index contributed by atoms with van der Waals surface area (Å²) in [4.78, 5) is 12.6. The second-order valence-corrected chi connectivity index (χ2v) is 6.27. The number of halogens is 1. The molecule has 1 aromatic carbocycles. The van der Waals surface area contributed by atoms with E-state index in [4.69, 9.17) is 4.74 Å². The second kappa shape index (κ2) is 9.05. The maximum Gasteiger partial charge on any atom is 0.325 e. The summed E-state index contributed by atoms with van der Waals surface area (Å²) in [6.07, 6.45) is 2.43. The summed E-state index contributed by atoms with van der Waals surface area (Å²) in [5.74, 6) is 0.329. The minimum Gasteiger partial charge on any atom is -0.468 e. The maximum absolute atomic E-state index is 13.5. The number of carbonyl (C=O) groups is 1. The molecule has 0 aliphatic carbocycles. The van der Waals surface area contributed by atoms with Gasteiger partial charge in [0.05, 0.1) is 7.11 Å². The average Bonchev–Trinajstić information content (AvgIpc) is 2.50. The molecule has 0 amide bonds. The first-order valence-corrected chi connectivity index (χ1v) is 8.23. The number of ether oxygens (including phenoxy) is 1. The number of carbonyl (C=O) groups excluding carboxylic acids is 1. The number of esters is 1. The minimum atomic E-state index is -0.666. The largest absolute Gasteiger partial charge is 0.468 e. The normalized spacial score (nSPS) is 13.7. The molecule has 5 heteroatoms. The molecule has 1 aromatic rings. The van der Waals surface area contributed by atoms with Gasteiger partial charge in [0, 0.05) is 4.90 Å². The molecule has 1 N–H and O–H groups in total. The Bertz CT molecular complexity index is 456. The van der Waals surface area contributed by atoms with Crippen molar-refractivity contribution in [2.75, 3.05) is 19.4 Å². The third-order valence-corrected chi connectivity index (χ3v) is 4.45. The molecule has 1 rings (SSSR count). The van der Waals surface area contributed by atoms with Crippen LogP contribution < -0.4 is 5.32 Å². The van der Waals surface area contributed by atoms with Crippen molar-refractivity contribution in [2.45, 2.75) is 43.5 Å².